The van der Waals surface area contributed by atoms with E-state index in [4.69, 9.17) is 0 Å². The summed E-state index contributed by atoms with van der Waals surface area (Å²) in [4.78, 5) is 11.7. The van der Waals surface area contributed by atoms with E-state index in [9.17, 15) is 4.79 Å². The Morgan fingerprint density at radius 3 is 2.08 bits per heavy atom. The van der Waals surface area contributed by atoms with E-state index in [1.807, 2.05) is 13.8 Å². The van der Waals surface area contributed by atoms with Crippen molar-refractivity contribution in [3.63, 3.8) is 0 Å². The van der Waals surface area contributed by atoms with Crippen molar-refractivity contribution in [1.29, 1.82) is 0 Å². The molecule has 0 saturated heterocycles. The van der Waals surface area contributed by atoms with Gasteiger partial charge in [0, 0.05) is 5.92 Å². The molecule has 0 spiro atoms. The fourth-order valence-corrected chi connectivity index (χ4v) is 1.34. The average Bonchev–Trinajstić information content (AvgIpc) is 2.01. The molecule has 0 heterocycles. The molecule has 1 heteroatoms. The van der Waals surface area contributed by atoms with E-state index in [2.05, 4.69) is 26.8 Å². The van der Waals surface area contributed by atoms with Gasteiger partial charge in [-0.05, 0) is 24.3 Å². The molecular formula is C12H22O. The van der Waals surface area contributed by atoms with E-state index in [0.717, 1.165) is 18.4 Å². The number of ketones is 1. The lowest BCUT2D eigenvalue weighted by Crippen LogP contribution is -2.12. The number of Topliss-reactive ketones (excluding diaryl/α,β-unsaturated/α-hetero) is 1. The Hall–Kier alpha value is -0.590. The highest BCUT2D eigenvalue weighted by atomic mass is 16.1. The second-order valence-electron chi connectivity index (χ2n) is 4.25. The van der Waals surface area contributed by atoms with E-state index < -0.39 is 0 Å². The van der Waals surface area contributed by atoms with Gasteiger partial charge in [-0.2, -0.15) is 0 Å². The van der Waals surface area contributed by atoms with Gasteiger partial charge in [-0.25, -0.2) is 0 Å². The highest BCUT2D eigenvalue weighted by Gasteiger charge is 2.13. The molecule has 0 fully saturated rings. The molecule has 0 amide bonds. The quantitative estimate of drug-likeness (QED) is 0.594. The highest BCUT2D eigenvalue weighted by molar-refractivity contribution is 5.96. The molecule has 0 bridgehead atoms. The van der Waals surface area contributed by atoms with Crippen molar-refractivity contribution in [1.82, 2.24) is 0 Å². The third kappa shape index (κ3) is 4.87. The molecule has 0 rings (SSSR count). The normalized spacial score (nSPS) is 12.7. The van der Waals surface area contributed by atoms with Crippen LogP contribution in [0.15, 0.2) is 11.6 Å². The largest absolute Gasteiger partial charge is 0.294 e. The molecule has 0 aromatic carbocycles. The maximum atomic E-state index is 11.7. The van der Waals surface area contributed by atoms with E-state index >= 15 is 0 Å². The molecule has 0 atom stereocenters. The summed E-state index contributed by atoms with van der Waals surface area (Å²) in [7, 11) is 0. The van der Waals surface area contributed by atoms with E-state index in [0.29, 0.717) is 11.7 Å². The molecule has 0 unspecified atom stereocenters. The Kier molecular flexibility index (Phi) is 5.68. The summed E-state index contributed by atoms with van der Waals surface area (Å²) >= 11 is 0. The van der Waals surface area contributed by atoms with Crippen molar-refractivity contribution in [2.24, 2.45) is 11.8 Å². The predicted molar refractivity (Wildman–Crippen MR) is 57.7 cm³/mol. The summed E-state index contributed by atoms with van der Waals surface area (Å²) in [6.07, 6.45) is 3.95. The van der Waals surface area contributed by atoms with Crippen molar-refractivity contribution in [2.75, 3.05) is 0 Å². The molecule has 1 nitrogen and oxygen atoms in total. The first-order valence-corrected chi connectivity index (χ1v) is 5.22. The fraction of sp³-hybridized carbons (Fsp3) is 0.750. The third-order valence-corrected chi connectivity index (χ3v) is 1.92. The number of hydrogen-bond donors (Lipinski definition) is 0. The maximum absolute atomic E-state index is 11.7. The zero-order valence-electron chi connectivity index (χ0n) is 9.55. The van der Waals surface area contributed by atoms with Gasteiger partial charge in [0.15, 0.2) is 5.78 Å². The van der Waals surface area contributed by atoms with Crippen LogP contribution in [0.5, 0.6) is 0 Å². The van der Waals surface area contributed by atoms with Crippen LogP contribution in [-0.4, -0.2) is 5.78 Å². The lowest BCUT2D eigenvalue weighted by atomic mass is 9.93. The van der Waals surface area contributed by atoms with Gasteiger partial charge in [0.2, 0.25) is 0 Å². The van der Waals surface area contributed by atoms with Gasteiger partial charge in [0.05, 0.1) is 0 Å². The van der Waals surface area contributed by atoms with E-state index in [-0.39, 0.29) is 5.92 Å². The molecule has 0 radical (unpaired) electrons. The fourth-order valence-electron chi connectivity index (χ4n) is 1.34. The van der Waals surface area contributed by atoms with Crippen LogP contribution in [0.4, 0.5) is 0 Å². The standard InChI is InChI=1S/C12H22O/c1-6-7-11(8-9(2)3)12(13)10(4)5/h7,9-10H,6,8H2,1-5H3. The van der Waals surface area contributed by atoms with Crippen LogP contribution in [-0.2, 0) is 4.79 Å². The zero-order chi connectivity index (χ0) is 10.4. The number of carbonyl (C=O) groups excluding carboxylic acids is 1. The van der Waals surface area contributed by atoms with E-state index in [1.165, 1.54) is 0 Å². The molecule has 76 valence electrons. The first kappa shape index (κ1) is 12.4. The van der Waals surface area contributed by atoms with Crippen LogP contribution < -0.4 is 0 Å². The van der Waals surface area contributed by atoms with Crippen molar-refractivity contribution in [2.45, 2.75) is 47.5 Å². The summed E-state index contributed by atoms with van der Waals surface area (Å²) in [5, 5.41) is 0. The van der Waals surface area contributed by atoms with Crippen LogP contribution in [0, 0.1) is 11.8 Å². The Bertz CT molecular complexity index is 187. The maximum Gasteiger partial charge on any atom is 0.161 e. The Labute approximate surface area is 82.2 Å². The average molecular weight is 182 g/mol. The zero-order valence-corrected chi connectivity index (χ0v) is 9.55. The summed E-state index contributed by atoms with van der Waals surface area (Å²) in [6.45, 7) is 10.3. The van der Waals surface area contributed by atoms with Crippen LogP contribution >= 0.6 is 0 Å². The molecule has 13 heavy (non-hydrogen) atoms. The minimum absolute atomic E-state index is 0.136. The minimum Gasteiger partial charge on any atom is -0.294 e. The lowest BCUT2D eigenvalue weighted by Gasteiger charge is -2.11. The van der Waals surface area contributed by atoms with Gasteiger partial charge < -0.3 is 0 Å². The summed E-state index contributed by atoms with van der Waals surface area (Å²) in [5.41, 5.74) is 1.02. The third-order valence-electron chi connectivity index (χ3n) is 1.92. The summed E-state index contributed by atoms with van der Waals surface area (Å²) in [5.74, 6) is 1.02. The second kappa shape index (κ2) is 5.95. The first-order chi connectivity index (χ1) is 5.99. The van der Waals surface area contributed by atoms with Crippen LogP contribution in [0.2, 0.25) is 0 Å². The van der Waals surface area contributed by atoms with Crippen LogP contribution in [0.1, 0.15) is 47.5 Å². The lowest BCUT2D eigenvalue weighted by molar-refractivity contribution is -0.118. The van der Waals surface area contributed by atoms with Crippen molar-refractivity contribution >= 4 is 5.78 Å². The van der Waals surface area contributed by atoms with E-state index in [1.54, 1.807) is 0 Å². The summed E-state index contributed by atoms with van der Waals surface area (Å²) in [6, 6.07) is 0. The summed E-state index contributed by atoms with van der Waals surface area (Å²) < 4.78 is 0. The monoisotopic (exact) mass is 182 g/mol. The van der Waals surface area contributed by atoms with Gasteiger partial charge in [0.1, 0.15) is 0 Å². The number of carbonyl (C=O) groups is 1. The Morgan fingerprint density at radius 2 is 1.77 bits per heavy atom. The molecule has 0 aliphatic heterocycles. The SMILES string of the molecule is CCC=C(CC(C)C)C(=O)C(C)C. The Morgan fingerprint density at radius 1 is 1.23 bits per heavy atom. The van der Waals surface area contributed by atoms with Gasteiger partial charge in [0.25, 0.3) is 0 Å². The van der Waals surface area contributed by atoms with Gasteiger partial charge in [-0.1, -0.05) is 40.7 Å². The van der Waals surface area contributed by atoms with Crippen molar-refractivity contribution < 1.29 is 4.79 Å². The molecule has 0 saturated carbocycles. The predicted octanol–water partition coefficient (Wildman–Crippen LogP) is 3.59. The minimum atomic E-state index is 0.136. The molecular weight excluding hydrogens is 160 g/mol. The van der Waals surface area contributed by atoms with Crippen LogP contribution in [0.25, 0.3) is 0 Å². The van der Waals surface area contributed by atoms with Crippen LogP contribution in [0.3, 0.4) is 0 Å². The topological polar surface area (TPSA) is 17.1 Å². The molecule has 0 aromatic rings. The van der Waals surface area contributed by atoms with Gasteiger partial charge in [-0.3, -0.25) is 4.79 Å². The number of hydrogen-bond acceptors (Lipinski definition) is 1. The molecule has 0 aliphatic rings. The second-order valence-corrected chi connectivity index (χ2v) is 4.25. The van der Waals surface area contributed by atoms with Crippen molar-refractivity contribution in [3.05, 3.63) is 11.6 Å². The van der Waals surface area contributed by atoms with Crippen molar-refractivity contribution in [3.8, 4) is 0 Å². The highest BCUT2D eigenvalue weighted by Crippen LogP contribution is 2.16. The van der Waals surface area contributed by atoms with Gasteiger partial charge >= 0.3 is 0 Å². The number of rotatable bonds is 5. The smallest absolute Gasteiger partial charge is 0.161 e. The molecule has 0 aromatic heterocycles. The Balaban J connectivity index is 4.43. The first-order valence-electron chi connectivity index (χ1n) is 5.22. The molecule has 0 N–H and O–H groups in total. The molecule has 0 aliphatic carbocycles. The van der Waals surface area contributed by atoms with Gasteiger partial charge in [-0.15, -0.1) is 0 Å². The number of allylic oxidation sites excluding steroid dienone is 2.